The van der Waals surface area contributed by atoms with Crippen molar-refractivity contribution >= 4 is 16.1 Å². The molecule has 1 aliphatic heterocycles. The molecule has 1 aromatic carbocycles. The molecule has 0 spiro atoms. The lowest BCUT2D eigenvalue weighted by Crippen LogP contribution is -2.05. The van der Waals surface area contributed by atoms with Crippen molar-refractivity contribution in [3.63, 3.8) is 0 Å². The Morgan fingerprint density at radius 3 is 2.63 bits per heavy atom. The van der Waals surface area contributed by atoms with E-state index in [9.17, 15) is 13.2 Å². The minimum Gasteiger partial charge on any atom is -0.481 e. The van der Waals surface area contributed by atoms with Gasteiger partial charge in [-0.1, -0.05) is 18.2 Å². The number of aryl methyl sites for hydroxylation is 1. The summed E-state index contributed by atoms with van der Waals surface area (Å²) < 4.78 is 35.9. The third-order valence-electron chi connectivity index (χ3n) is 2.86. The maximum absolute atomic E-state index is 10.9. The van der Waals surface area contributed by atoms with Crippen molar-refractivity contribution in [3.05, 3.63) is 34.9 Å². The molecule has 0 saturated carbocycles. The Labute approximate surface area is 110 Å². The summed E-state index contributed by atoms with van der Waals surface area (Å²) in [7, 11) is -4.09. The van der Waals surface area contributed by atoms with E-state index >= 15 is 0 Å². The Kier molecular flexibility index (Phi) is 3.88. The minimum atomic E-state index is -4.09. The second-order valence-electron chi connectivity index (χ2n) is 4.48. The second-order valence-corrected chi connectivity index (χ2v) is 5.93. The zero-order chi connectivity index (χ0) is 14.0. The van der Waals surface area contributed by atoms with Crippen molar-refractivity contribution in [1.29, 1.82) is 0 Å². The number of hydrogen-bond acceptors (Lipinski definition) is 4. The van der Waals surface area contributed by atoms with Gasteiger partial charge in [0.1, 0.15) is 11.9 Å². The molecule has 7 heteroatoms. The molecule has 1 heterocycles. The number of aliphatic carboxylic acids is 1. The largest absolute Gasteiger partial charge is 0.481 e. The Morgan fingerprint density at radius 1 is 1.42 bits per heavy atom. The Hall–Kier alpha value is -1.44. The highest BCUT2D eigenvalue weighted by Gasteiger charge is 2.28. The number of carbonyl (C=O) groups is 1. The first-order valence-electron chi connectivity index (χ1n) is 5.75. The van der Waals surface area contributed by atoms with Crippen LogP contribution in [0.25, 0.3) is 0 Å². The second kappa shape index (κ2) is 5.28. The number of rotatable bonds is 6. The third kappa shape index (κ3) is 4.30. The van der Waals surface area contributed by atoms with Crippen LogP contribution in [0.4, 0.5) is 0 Å². The summed E-state index contributed by atoms with van der Waals surface area (Å²) >= 11 is 0. The standard InChI is InChI=1S/C12H14O6S/c13-12(14)4-2-8-1-3-9(7-19(15,16)17)10(5-8)11-6-18-11/h1,3,5,11H,2,4,6-7H2,(H,13,14)(H,15,16,17). The van der Waals surface area contributed by atoms with E-state index in [1.165, 1.54) is 0 Å². The van der Waals surface area contributed by atoms with Crippen molar-refractivity contribution in [3.8, 4) is 0 Å². The zero-order valence-corrected chi connectivity index (χ0v) is 10.9. The van der Waals surface area contributed by atoms with Gasteiger partial charge in [-0.05, 0) is 23.1 Å². The van der Waals surface area contributed by atoms with Gasteiger partial charge in [-0.2, -0.15) is 8.42 Å². The summed E-state index contributed by atoms with van der Waals surface area (Å²) in [5.74, 6) is -1.34. The fourth-order valence-corrected chi connectivity index (χ4v) is 2.56. The smallest absolute Gasteiger partial charge is 0.303 e. The molecule has 6 nitrogen and oxygen atoms in total. The van der Waals surface area contributed by atoms with Gasteiger partial charge in [0.2, 0.25) is 0 Å². The highest BCUT2D eigenvalue weighted by molar-refractivity contribution is 7.85. The molecule has 1 fully saturated rings. The van der Waals surface area contributed by atoms with Crippen LogP contribution in [0.5, 0.6) is 0 Å². The van der Waals surface area contributed by atoms with Crippen molar-refractivity contribution in [2.45, 2.75) is 24.7 Å². The maximum Gasteiger partial charge on any atom is 0.303 e. The lowest BCUT2D eigenvalue weighted by molar-refractivity contribution is -0.136. The molecule has 2 N–H and O–H groups in total. The van der Waals surface area contributed by atoms with Crippen LogP contribution in [0.1, 0.15) is 29.2 Å². The Balaban J connectivity index is 2.22. The molecule has 0 radical (unpaired) electrons. The highest BCUT2D eigenvalue weighted by atomic mass is 32.2. The summed E-state index contributed by atoms with van der Waals surface area (Å²) in [6.07, 6.45) is 0.241. The summed E-state index contributed by atoms with van der Waals surface area (Å²) in [5.41, 5.74) is 2.01. The number of epoxide rings is 1. The first-order valence-corrected chi connectivity index (χ1v) is 7.36. The summed E-state index contributed by atoms with van der Waals surface area (Å²) in [6, 6.07) is 5.03. The van der Waals surface area contributed by atoms with E-state index in [2.05, 4.69) is 0 Å². The van der Waals surface area contributed by atoms with Gasteiger partial charge in [0, 0.05) is 6.42 Å². The Morgan fingerprint density at radius 2 is 2.11 bits per heavy atom. The normalized spacial score (nSPS) is 18.3. The molecule has 0 amide bonds. The van der Waals surface area contributed by atoms with E-state index < -0.39 is 21.8 Å². The van der Waals surface area contributed by atoms with Crippen LogP contribution < -0.4 is 0 Å². The van der Waals surface area contributed by atoms with E-state index in [4.69, 9.17) is 14.4 Å². The van der Waals surface area contributed by atoms with Gasteiger partial charge < -0.3 is 9.84 Å². The first kappa shape index (κ1) is 14.0. The number of ether oxygens (including phenoxy) is 1. The molecule has 19 heavy (non-hydrogen) atoms. The fourth-order valence-electron chi connectivity index (χ4n) is 1.91. The van der Waals surface area contributed by atoms with Crippen LogP contribution >= 0.6 is 0 Å². The number of carboxylic acids is 1. The Bertz CT molecular complexity index is 588. The van der Waals surface area contributed by atoms with E-state index in [0.29, 0.717) is 24.2 Å². The average Bonchev–Trinajstić information content (AvgIpc) is 3.09. The van der Waals surface area contributed by atoms with E-state index in [1.807, 2.05) is 0 Å². The van der Waals surface area contributed by atoms with E-state index in [0.717, 1.165) is 5.56 Å². The minimum absolute atomic E-state index is 0.0165. The van der Waals surface area contributed by atoms with Crippen molar-refractivity contribution < 1.29 is 27.6 Å². The molecular weight excluding hydrogens is 272 g/mol. The van der Waals surface area contributed by atoms with Crippen LogP contribution in [-0.4, -0.2) is 30.7 Å². The van der Waals surface area contributed by atoms with Crippen molar-refractivity contribution in [2.24, 2.45) is 0 Å². The van der Waals surface area contributed by atoms with Crippen LogP contribution in [0, 0.1) is 0 Å². The summed E-state index contributed by atoms with van der Waals surface area (Å²) in [4.78, 5) is 10.5. The molecule has 1 aliphatic rings. The summed E-state index contributed by atoms with van der Waals surface area (Å²) in [6.45, 7) is 0.515. The molecule has 104 valence electrons. The predicted molar refractivity (Wildman–Crippen MR) is 66.3 cm³/mol. The van der Waals surface area contributed by atoms with E-state index in [1.54, 1.807) is 18.2 Å². The number of benzene rings is 1. The van der Waals surface area contributed by atoms with Crippen molar-refractivity contribution in [2.75, 3.05) is 6.61 Å². The van der Waals surface area contributed by atoms with Crippen LogP contribution in [-0.2, 0) is 31.8 Å². The van der Waals surface area contributed by atoms with Crippen molar-refractivity contribution in [1.82, 2.24) is 0 Å². The maximum atomic E-state index is 10.9. The van der Waals surface area contributed by atoms with Gasteiger partial charge in [-0.25, -0.2) is 0 Å². The number of carboxylic acid groups (broad SMARTS) is 1. The molecular formula is C12H14O6S. The zero-order valence-electron chi connectivity index (χ0n) is 10.1. The molecule has 0 aromatic heterocycles. The molecule has 2 rings (SSSR count). The van der Waals surface area contributed by atoms with Gasteiger partial charge in [0.15, 0.2) is 0 Å². The van der Waals surface area contributed by atoms with Gasteiger partial charge in [-0.3, -0.25) is 9.35 Å². The molecule has 1 saturated heterocycles. The molecule has 0 bridgehead atoms. The van der Waals surface area contributed by atoms with Gasteiger partial charge in [0.25, 0.3) is 10.1 Å². The van der Waals surface area contributed by atoms with E-state index in [-0.39, 0.29) is 12.5 Å². The van der Waals surface area contributed by atoms with Gasteiger partial charge >= 0.3 is 5.97 Å². The average molecular weight is 286 g/mol. The SMILES string of the molecule is O=C(O)CCc1ccc(CS(=O)(=O)O)c(C2CO2)c1. The molecule has 0 aliphatic carbocycles. The molecule has 1 aromatic rings. The van der Waals surface area contributed by atoms with Crippen LogP contribution in [0.15, 0.2) is 18.2 Å². The monoisotopic (exact) mass is 286 g/mol. The first-order chi connectivity index (χ1) is 8.85. The quantitative estimate of drug-likeness (QED) is 0.600. The fraction of sp³-hybridized carbons (Fsp3) is 0.417. The highest BCUT2D eigenvalue weighted by Crippen LogP contribution is 2.33. The summed E-state index contributed by atoms with van der Waals surface area (Å²) in [5, 5.41) is 8.64. The number of hydrogen-bond donors (Lipinski definition) is 2. The van der Waals surface area contributed by atoms with Crippen LogP contribution in [0.2, 0.25) is 0 Å². The van der Waals surface area contributed by atoms with Gasteiger partial charge in [0.05, 0.1) is 6.61 Å². The third-order valence-corrected chi connectivity index (χ3v) is 3.53. The topological polar surface area (TPSA) is 104 Å². The molecule has 1 atom stereocenters. The molecule has 1 unspecified atom stereocenters. The lowest BCUT2D eigenvalue weighted by atomic mass is 10.00. The predicted octanol–water partition coefficient (Wildman–Crippen LogP) is 1.16. The van der Waals surface area contributed by atoms with Gasteiger partial charge in [-0.15, -0.1) is 0 Å². The lowest BCUT2D eigenvalue weighted by Gasteiger charge is -2.08. The van der Waals surface area contributed by atoms with Crippen LogP contribution in [0.3, 0.4) is 0 Å².